The topological polar surface area (TPSA) is 65.5 Å². The molecule has 0 saturated carbocycles. The number of hydrogen-bond donors (Lipinski definition) is 0. The molecular weight excluding hydrogens is 1800 g/mol. The van der Waals surface area contributed by atoms with E-state index < -0.39 is 0 Å². The van der Waals surface area contributed by atoms with Gasteiger partial charge in [-0.05, 0) is 265 Å². The van der Waals surface area contributed by atoms with Gasteiger partial charge in [0.2, 0.25) is 0 Å². The van der Waals surface area contributed by atoms with Crippen molar-refractivity contribution >= 4 is 242 Å². The lowest BCUT2D eigenvalue weighted by molar-refractivity contribution is 0.669. The van der Waals surface area contributed by atoms with Crippen LogP contribution in [0.25, 0.3) is 218 Å². The van der Waals surface area contributed by atoms with Crippen molar-refractivity contribution in [2.75, 3.05) is 19.6 Å². The molecule has 148 heavy (non-hydrogen) atoms. The molecule has 0 N–H and O–H groups in total. The molecule has 0 unspecified atom stereocenters. The molecule has 0 bridgehead atoms. The second-order valence-electron chi connectivity index (χ2n) is 38.4. The van der Waals surface area contributed by atoms with E-state index in [1.54, 1.807) is 0 Å². The Bertz CT molecular complexity index is 10500. The molecule has 30 rings (SSSR count). The molecule has 0 amide bonds. The molecule has 0 spiro atoms. The molecule has 0 atom stereocenters. The lowest BCUT2D eigenvalue weighted by Gasteiger charge is -2.27. The summed E-state index contributed by atoms with van der Waals surface area (Å²) in [5, 5.41) is 27.9. The van der Waals surface area contributed by atoms with E-state index in [1.165, 1.54) is 75.9 Å². The Morgan fingerprint density at radius 1 is 0.115 bits per heavy atom. The summed E-state index contributed by atoms with van der Waals surface area (Å²) in [5.74, 6) is 0. The minimum Gasteiger partial charge on any atom is -0.456 e. The van der Waals surface area contributed by atoms with Crippen LogP contribution in [0.15, 0.2) is 552 Å². The van der Waals surface area contributed by atoms with Crippen LogP contribution >= 0.6 is 0 Å². The van der Waals surface area contributed by atoms with Crippen molar-refractivity contribution in [3.8, 4) is 44.5 Å². The van der Waals surface area contributed by atoms with Crippen molar-refractivity contribution < 1.29 is 17.7 Å². The van der Waals surface area contributed by atoms with Gasteiger partial charge in [0.25, 0.3) is 0 Å². The molecule has 4 heterocycles. The van der Waals surface area contributed by atoms with E-state index in [0.29, 0.717) is 0 Å². The monoisotopic (exact) mass is 1890 g/mol. The first kappa shape index (κ1) is 85.0. The number of benzene rings is 26. The van der Waals surface area contributed by atoms with Crippen LogP contribution in [0.5, 0.6) is 0 Å². The average molecular weight is 1890 g/mol. The molecule has 4 aromatic heterocycles. The molecular formula is C140H88N4O4. The van der Waals surface area contributed by atoms with Crippen molar-refractivity contribution in [3.05, 3.63) is 534 Å². The van der Waals surface area contributed by atoms with E-state index in [0.717, 1.165) is 211 Å². The third kappa shape index (κ3) is 14.3. The van der Waals surface area contributed by atoms with E-state index in [4.69, 9.17) is 17.7 Å². The fraction of sp³-hybridized carbons (Fsp3) is 0. The molecule has 0 aliphatic rings. The zero-order valence-corrected chi connectivity index (χ0v) is 80.2. The van der Waals surface area contributed by atoms with Gasteiger partial charge in [-0.25, -0.2) is 0 Å². The first-order valence-corrected chi connectivity index (χ1v) is 50.5. The second-order valence-corrected chi connectivity index (χ2v) is 38.4. The van der Waals surface area contributed by atoms with Gasteiger partial charge in [0.15, 0.2) is 16.7 Å². The molecule has 0 aliphatic heterocycles. The number of anilines is 12. The zero-order valence-electron chi connectivity index (χ0n) is 80.2. The first-order valence-electron chi connectivity index (χ1n) is 50.5. The smallest absolute Gasteiger partial charge is 0.160 e. The maximum absolute atomic E-state index is 7.03. The third-order valence-corrected chi connectivity index (χ3v) is 30.0. The summed E-state index contributed by atoms with van der Waals surface area (Å²) in [7, 11) is 0. The van der Waals surface area contributed by atoms with E-state index >= 15 is 0 Å². The Morgan fingerprint density at radius 3 is 0.595 bits per heavy atom. The maximum Gasteiger partial charge on any atom is 0.160 e. The molecule has 8 nitrogen and oxygen atoms in total. The Kier molecular flexibility index (Phi) is 20.2. The molecule has 0 saturated heterocycles. The average Bonchev–Trinajstić information content (AvgIpc) is 1.57. The highest BCUT2D eigenvalue weighted by Crippen LogP contribution is 2.55. The number of rotatable bonds is 16. The second kappa shape index (κ2) is 35.1. The highest BCUT2D eigenvalue weighted by Gasteiger charge is 2.30. The SMILES string of the molecule is c1ccc(-c2ccc(N(c3ccc(-c4ccc(N(c5ccccc5)c5cc6ccccc6c6c5oc5ccc7ccccc7c56)cc4)cc3)c3cc4ccccc4c4c3oc3ccc5ccccc5c34)cc2)cc1.c1ccc(-c2ccc(N(c3ccc(-c4ccc(N(c5ccccc5)c5cc6ccccc6c6c5oc5ccc7ccccc7c56)cc4)cc3)c3cc4oc5ccc6ccccc6c5c4c4ccccc34)cc2)cc1. The Labute approximate surface area is 851 Å². The molecule has 26 aromatic carbocycles. The summed E-state index contributed by atoms with van der Waals surface area (Å²) < 4.78 is 27.8. The van der Waals surface area contributed by atoms with Gasteiger partial charge in [-0.15, -0.1) is 0 Å². The van der Waals surface area contributed by atoms with Gasteiger partial charge in [0.1, 0.15) is 27.9 Å². The predicted molar refractivity (Wildman–Crippen MR) is 623 cm³/mol. The molecule has 0 aliphatic carbocycles. The molecule has 30 aromatic rings. The van der Waals surface area contributed by atoms with Gasteiger partial charge < -0.3 is 37.3 Å². The summed E-state index contributed by atoms with van der Waals surface area (Å²) in [6, 6.07) is 191. The van der Waals surface area contributed by atoms with Crippen molar-refractivity contribution in [3.63, 3.8) is 0 Å². The Balaban J connectivity index is 0.000000140. The summed E-state index contributed by atoms with van der Waals surface area (Å²) >= 11 is 0. The highest BCUT2D eigenvalue weighted by molar-refractivity contribution is 6.34. The fourth-order valence-corrected chi connectivity index (χ4v) is 23.1. The fourth-order valence-electron chi connectivity index (χ4n) is 23.1. The van der Waals surface area contributed by atoms with Crippen LogP contribution in [0.3, 0.4) is 0 Å². The molecule has 692 valence electrons. The summed E-state index contributed by atoms with van der Waals surface area (Å²) in [5.41, 5.74) is 28.4. The van der Waals surface area contributed by atoms with Gasteiger partial charge >= 0.3 is 0 Å². The number of para-hydroxylation sites is 2. The summed E-state index contributed by atoms with van der Waals surface area (Å²) in [6.07, 6.45) is 0. The molecule has 0 radical (unpaired) electrons. The van der Waals surface area contributed by atoms with Crippen LogP contribution in [-0.4, -0.2) is 0 Å². The molecule has 0 fully saturated rings. The van der Waals surface area contributed by atoms with Crippen molar-refractivity contribution in [2.24, 2.45) is 0 Å². The number of fused-ring (bicyclic) bond motifs is 28. The van der Waals surface area contributed by atoms with Gasteiger partial charge in [-0.1, -0.05) is 388 Å². The van der Waals surface area contributed by atoms with Crippen molar-refractivity contribution in [2.45, 2.75) is 0 Å². The first-order chi connectivity index (χ1) is 73.4. The Hall–Kier alpha value is -19.8. The van der Waals surface area contributed by atoms with Gasteiger partial charge in [-0.3, -0.25) is 0 Å². The standard InChI is InChI=1S/2C70H44N2O2/c1-3-15-45(16-4-1)46-27-35-55(36-28-46)72(62-44-52-20-10-14-26-60(52)68-66-58-24-12-8-18-50(58)34-42-64(66)74-70(62)68)56-39-31-48(32-40-56)47-29-37-54(38-30-47)71(53-21-5-2-6-22-53)61-43-51-19-9-13-25-59(51)67-65-57-23-11-7-17-49(57)33-41-63(65)73-69(61)67;1-3-15-45(16-4-1)46-27-35-53(36-28-46)71(61-44-65-68(60-26-14-13-25-59(60)61)66-56-22-10-7-17-49(56)33-41-63(66)73-65)54-37-29-47(30-38-54)48-31-39-55(40-32-48)72(52-20-5-2-6-21-52)62-43-51-19-9-12-24-58(51)69-67-57-23-11-8-18-50(57)34-42-64(67)74-70(62)69/h2*1-44H. The van der Waals surface area contributed by atoms with Gasteiger partial charge in [-0.2, -0.15) is 0 Å². The summed E-state index contributed by atoms with van der Waals surface area (Å²) in [4.78, 5) is 9.39. The lowest BCUT2D eigenvalue weighted by Crippen LogP contribution is -2.10. The van der Waals surface area contributed by atoms with Gasteiger partial charge in [0, 0.05) is 100 Å². The van der Waals surface area contributed by atoms with Crippen molar-refractivity contribution in [1.82, 2.24) is 0 Å². The van der Waals surface area contributed by atoms with Crippen LogP contribution in [0.1, 0.15) is 0 Å². The van der Waals surface area contributed by atoms with E-state index in [2.05, 4.69) is 553 Å². The maximum atomic E-state index is 7.03. The third-order valence-electron chi connectivity index (χ3n) is 30.0. The van der Waals surface area contributed by atoms with Crippen LogP contribution in [0.4, 0.5) is 68.2 Å². The van der Waals surface area contributed by atoms with Crippen molar-refractivity contribution in [1.29, 1.82) is 0 Å². The minimum absolute atomic E-state index is 0.851. The van der Waals surface area contributed by atoms with Crippen LogP contribution in [0, 0.1) is 0 Å². The number of nitrogens with zero attached hydrogens (tertiary/aromatic N) is 4. The number of furan rings is 4. The predicted octanol–water partition coefficient (Wildman–Crippen LogP) is 40.7. The normalized spacial score (nSPS) is 11.8. The number of hydrogen-bond acceptors (Lipinski definition) is 8. The minimum atomic E-state index is 0.851. The largest absolute Gasteiger partial charge is 0.456 e. The van der Waals surface area contributed by atoms with Gasteiger partial charge in [0.05, 0.1) is 22.7 Å². The van der Waals surface area contributed by atoms with E-state index in [1.807, 2.05) is 0 Å². The van der Waals surface area contributed by atoms with E-state index in [-0.39, 0.29) is 0 Å². The Morgan fingerprint density at radius 2 is 0.311 bits per heavy atom. The van der Waals surface area contributed by atoms with Crippen LogP contribution in [0.2, 0.25) is 0 Å². The highest BCUT2D eigenvalue weighted by atomic mass is 16.3. The van der Waals surface area contributed by atoms with Crippen LogP contribution < -0.4 is 19.6 Å². The van der Waals surface area contributed by atoms with Crippen LogP contribution in [-0.2, 0) is 0 Å². The quantitative estimate of drug-likeness (QED) is 0.0948. The lowest BCUT2D eigenvalue weighted by atomic mass is 9.97. The molecule has 8 heteroatoms. The summed E-state index contributed by atoms with van der Waals surface area (Å²) in [6.45, 7) is 0. The zero-order chi connectivity index (χ0) is 97.4. The van der Waals surface area contributed by atoms with E-state index in [9.17, 15) is 0 Å².